The first kappa shape index (κ1) is 27.3. The van der Waals surface area contributed by atoms with Crippen LogP contribution in [-0.2, 0) is 4.74 Å². The zero-order valence-corrected chi connectivity index (χ0v) is 22.4. The fraction of sp³-hybridized carbons (Fsp3) is 0.414. The van der Waals surface area contributed by atoms with Crippen molar-refractivity contribution >= 4 is 28.0 Å². The quantitative estimate of drug-likeness (QED) is 0.366. The van der Waals surface area contributed by atoms with Crippen LogP contribution in [0.25, 0.3) is 27.7 Å². The average Bonchev–Trinajstić information content (AvgIpc) is 3.60. The number of benzene rings is 1. The normalized spacial score (nSPS) is 21.0. The number of ether oxygens (including phenoxy) is 1. The minimum atomic E-state index is -1.03. The highest BCUT2D eigenvalue weighted by atomic mass is 19.1. The number of halogens is 2. The first-order chi connectivity index (χ1) is 18.3. The predicted octanol–water partition coefficient (Wildman–Crippen LogP) is 5.11. The van der Waals surface area contributed by atoms with Gasteiger partial charge >= 0.3 is 5.69 Å². The lowest BCUT2D eigenvalue weighted by molar-refractivity contribution is 0.131. The van der Waals surface area contributed by atoms with Crippen molar-refractivity contribution in [3.8, 4) is 23.6 Å². The summed E-state index contributed by atoms with van der Waals surface area (Å²) >= 11 is 0. The Kier molecular flexibility index (Phi) is 7.83. The van der Waals surface area contributed by atoms with E-state index in [0.29, 0.717) is 70.1 Å². The molecule has 0 amide bonds. The van der Waals surface area contributed by atoms with E-state index in [4.69, 9.17) is 21.9 Å². The number of anilines is 2. The van der Waals surface area contributed by atoms with Gasteiger partial charge in [0.2, 0.25) is 0 Å². The van der Waals surface area contributed by atoms with Crippen molar-refractivity contribution in [1.82, 2.24) is 15.0 Å². The van der Waals surface area contributed by atoms with Crippen molar-refractivity contribution in [2.45, 2.75) is 53.3 Å². The van der Waals surface area contributed by atoms with Crippen LogP contribution in [-0.4, -0.2) is 46.9 Å². The molecule has 3 N–H and O–H groups in total. The maximum Gasteiger partial charge on any atom is 0.347 e. The highest BCUT2D eigenvalue weighted by molar-refractivity contribution is 5.97. The van der Waals surface area contributed by atoms with Crippen LogP contribution in [0.5, 0.6) is 0 Å². The highest BCUT2D eigenvalue weighted by Crippen LogP contribution is 2.44. The summed E-state index contributed by atoms with van der Waals surface area (Å²) in [4.78, 5) is 26.2. The number of nitrogens with zero attached hydrogens (tertiary/aromatic N) is 3. The number of aromatic nitrogens is 3. The lowest BCUT2D eigenvalue weighted by Gasteiger charge is -2.24. The van der Waals surface area contributed by atoms with E-state index >= 15 is 0 Å². The third-order valence-corrected chi connectivity index (χ3v) is 7.04. The molecule has 2 fully saturated rings. The van der Waals surface area contributed by atoms with E-state index in [1.807, 2.05) is 32.6 Å². The third kappa shape index (κ3) is 4.65. The monoisotopic (exact) mass is 521 g/mol. The van der Waals surface area contributed by atoms with Gasteiger partial charge in [0.25, 0.3) is 0 Å². The van der Waals surface area contributed by atoms with E-state index in [1.165, 1.54) is 0 Å². The molecule has 38 heavy (non-hydrogen) atoms. The van der Waals surface area contributed by atoms with Gasteiger partial charge in [-0.3, -0.25) is 4.98 Å². The molecule has 9 heteroatoms. The van der Waals surface area contributed by atoms with Gasteiger partial charge in [0.15, 0.2) is 0 Å². The number of nitrogens with two attached hydrogens (primary N) is 1. The summed E-state index contributed by atoms with van der Waals surface area (Å²) in [5.41, 5.74) is 9.70. The molecule has 0 bridgehead atoms. The van der Waals surface area contributed by atoms with Crippen molar-refractivity contribution in [1.29, 1.82) is 0 Å². The van der Waals surface area contributed by atoms with E-state index < -0.39 is 17.7 Å². The second-order valence-corrected chi connectivity index (χ2v) is 9.29. The van der Waals surface area contributed by atoms with Gasteiger partial charge in [0.1, 0.15) is 17.8 Å². The number of nitrogen functional groups attached to an aromatic ring is 1. The molecule has 1 aliphatic heterocycles. The number of pyridine rings is 1. The number of alkyl halides is 1. The lowest BCUT2D eigenvalue weighted by Crippen LogP contribution is -2.33. The van der Waals surface area contributed by atoms with Gasteiger partial charge < -0.3 is 20.4 Å². The molecule has 0 radical (unpaired) electrons. The van der Waals surface area contributed by atoms with E-state index in [9.17, 15) is 13.6 Å². The number of H-pyrrole nitrogens is 1. The molecular weight excluding hydrogens is 488 g/mol. The first-order valence-corrected chi connectivity index (χ1v) is 12.9. The molecule has 3 atom stereocenters. The number of fused-ring (bicyclic) bond motifs is 2. The maximum atomic E-state index is 14.8. The Labute approximate surface area is 221 Å². The van der Waals surface area contributed by atoms with E-state index in [1.54, 1.807) is 25.3 Å². The molecular formula is C29H33F2N5O2. The Hall–Kier alpha value is -3.77. The summed E-state index contributed by atoms with van der Waals surface area (Å²) in [6.45, 7) is 10.5. The minimum absolute atomic E-state index is 0.145. The molecule has 7 nitrogen and oxygen atoms in total. The number of aryl methyl sites for hydroxylation is 2. The summed E-state index contributed by atoms with van der Waals surface area (Å²) in [7, 11) is 0. The number of nitrogens with one attached hydrogen (secondary N) is 1. The van der Waals surface area contributed by atoms with Gasteiger partial charge in [0, 0.05) is 35.5 Å². The van der Waals surface area contributed by atoms with Gasteiger partial charge in [-0.1, -0.05) is 26.7 Å². The molecule has 1 saturated heterocycles. The number of terminal acetylenes is 1. The molecule has 0 spiro atoms. The average molecular weight is 522 g/mol. The van der Waals surface area contributed by atoms with Crippen LogP contribution in [0, 0.1) is 32.1 Å². The summed E-state index contributed by atoms with van der Waals surface area (Å²) in [5, 5.41) is 0.588. The predicted molar refractivity (Wildman–Crippen MR) is 148 cm³/mol. The number of rotatable bonds is 4. The largest absolute Gasteiger partial charge is 0.399 e. The van der Waals surface area contributed by atoms with Crippen LogP contribution >= 0.6 is 0 Å². The van der Waals surface area contributed by atoms with Crippen LogP contribution in [0.4, 0.5) is 20.3 Å². The fourth-order valence-corrected chi connectivity index (χ4v) is 5.21. The van der Waals surface area contributed by atoms with Crippen LogP contribution in [0.15, 0.2) is 29.0 Å². The topological polar surface area (TPSA) is 97.1 Å². The molecule has 200 valence electrons. The molecule has 2 aromatic heterocycles. The van der Waals surface area contributed by atoms with Gasteiger partial charge in [-0.05, 0) is 43.5 Å². The zero-order chi connectivity index (χ0) is 27.7. The van der Waals surface area contributed by atoms with Gasteiger partial charge in [-0.15, -0.1) is 6.42 Å². The van der Waals surface area contributed by atoms with Crippen molar-refractivity contribution in [3.05, 3.63) is 51.3 Å². The van der Waals surface area contributed by atoms with Gasteiger partial charge in [-0.2, -0.15) is 4.98 Å². The Morgan fingerprint density at radius 1 is 1.34 bits per heavy atom. The Morgan fingerprint density at radius 3 is 2.76 bits per heavy atom. The van der Waals surface area contributed by atoms with E-state index in [2.05, 4.69) is 15.9 Å². The molecule has 2 aliphatic rings. The Morgan fingerprint density at radius 2 is 2.08 bits per heavy atom. The van der Waals surface area contributed by atoms with Crippen LogP contribution in [0.2, 0.25) is 0 Å². The zero-order valence-electron chi connectivity index (χ0n) is 22.4. The highest BCUT2D eigenvalue weighted by Gasteiger charge is 2.56. The molecule has 3 heterocycles. The standard InChI is InChI=1S/C27H27F2N5O2.C2H6/c1-5-16(20(28)6-2)21-13(3)9-15(30)10-17(21)23-14(4)24-18(11-31-23)26(33-27(35)32-24)34-7-8-36-12-19-22(29)25(19)34;1-2/h1,9-11,19,22,25H,6-8,12,30H2,2-4H3,(H,32,33,35);1-2H3/b20-16+;. The second-order valence-electron chi connectivity index (χ2n) is 9.29. The van der Waals surface area contributed by atoms with Crippen molar-refractivity contribution in [3.63, 3.8) is 0 Å². The van der Waals surface area contributed by atoms with Crippen molar-refractivity contribution < 1.29 is 13.5 Å². The lowest BCUT2D eigenvalue weighted by atomic mass is 9.90. The van der Waals surface area contributed by atoms with E-state index in [-0.39, 0.29) is 24.0 Å². The van der Waals surface area contributed by atoms with Gasteiger partial charge in [-0.25, -0.2) is 13.6 Å². The molecule has 1 aromatic carbocycles. The van der Waals surface area contributed by atoms with Crippen molar-refractivity contribution in [2.75, 3.05) is 30.4 Å². The smallest absolute Gasteiger partial charge is 0.347 e. The number of hydrogen-bond acceptors (Lipinski definition) is 6. The number of allylic oxidation sites excluding steroid dienone is 2. The van der Waals surface area contributed by atoms with Crippen molar-refractivity contribution in [2.24, 2.45) is 5.92 Å². The summed E-state index contributed by atoms with van der Waals surface area (Å²) in [5.74, 6) is 2.22. The Balaban J connectivity index is 0.00000164. The van der Waals surface area contributed by atoms with Crippen LogP contribution < -0.4 is 16.3 Å². The first-order valence-electron chi connectivity index (χ1n) is 12.9. The maximum absolute atomic E-state index is 14.8. The molecule has 3 unspecified atom stereocenters. The Bertz CT molecular complexity index is 1510. The minimum Gasteiger partial charge on any atom is -0.399 e. The number of aromatic amines is 1. The summed E-state index contributed by atoms with van der Waals surface area (Å²) in [6.07, 6.45) is 6.44. The van der Waals surface area contributed by atoms with Crippen LogP contribution in [0.1, 0.15) is 43.9 Å². The summed E-state index contributed by atoms with van der Waals surface area (Å²) in [6, 6.07) is 3.06. The molecule has 1 aliphatic carbocycles. The second kappa shape index (κ2) is 10.9. The molecule has 1 saturated carbocycles. The number of hydrogen-bond donors (Lipinski definition) is 2. The van der Waals surface area contributed by atoms with Crippen LogP contribution in [0.3, 0.4) is 0 Å². The van der Waals surface area contributed by atoms with Gasteiger partial charge in [0.05, 0.1) is 41.4 Å². The molecule has 5 rings (SSSR count). The third-order valence-electron chi connectivity index (χ3n) is 7.04. The summed E-state index contributed by atoms with van der Waals surface area (Å²) < 4.78 is 34.8. The fourth-order valence-electron chi connectivity index (χ4n) is 5.21. The van der Waals surface area contributed by atoms with E-state index in [0.717, 1.165) is 0 Å². The SMILES string of the molecule is C#C/C(=C(\F)CC)c1c(C)cc(N)cc1-c1ncc2c(N3CCOCC4C(F)C43)nc(=O)[nH]c2c1C.CC. The molecule has 3 aromatic rings.